The van der Waals surface area contributed by atoms with Crippen LogP contribution >= 0.6 is 0 Å². The molecule has 1 aliphatic rings. The Balaban J connectivity index is 2.59. The van der Waals surface area contributed by atoms with E-state index in [1.807, 2.05) is 13.8 Å². The molecule has 1 radical (unpaired) electrons. The highest BCUT2D eigenvalue weighted by Crippen LogP contribution is 2.19. The lowest BCUT2D eigenvalue weighted by Crippen LogP contribution is -2.54. The van der Waals surface area contributed by atoms with E-state index < -0.39 is 5.54 Å². The van der Waals surface area contributed by atoms with Gasteiger partial charge in [-0.05, 0) is 46.2 Å². The summed E-state index contributed by atoms with van der Waals surface area (Å²) in [4.78, 5) is 13.2. The highest BCUT2D eigenvalue weighted by Gasteiger charge is 2.32. The number of carbonyl (C=O) groups is 1. The van der Waals surface area contributed by atoms with Gasteiger partial charge in [-0.2, -0.15) is 0 Å². The summed E-state index contributed by atoms with van der Waals surface area (Å²) < 4.78 is 0. The summed E-state index contributed by atoms with van der Waals surface area (Å²) in [6, 6.07) is 0. The fourth-order valence-electron chi connectivity index (χ4n) is 1.47. The summed E-state index contributed by atoms with van der Waals surface area (Å²) in [5.41, 5.74) is 4.83. The summed E-state index contributed by atoms with van der Waals surface area (Å²) in [5, 5.41) is 0. The van der Waals surface area contributed by atoms with Gasteiger partial charge in [0.15, 0.2) is 0 Å². The summed E-state index contributed by atoms with van der Waals surface area (Å²) in [6.07, 6.45) is 4.39. The molecule has 0 saturated carbocycles. The zero-order chi connectivity index (χ0) is 9.19. The molecule has 0 aromatic heterocycles. The van der Waals surface area contributed by atoms with Gasteiger partial charge in [-0.15, -0.1) is 0 Å². The van der Waals surface area contributed by atoms with Gasteiger partial charge in [0, 0.05) is 0 Å². The molecule has 2 N–H and O–H groups in total. The molecule has 0 bridgehead atoms. The maximum absolute atomic E-state index is 11.1. The highest BCUT2D eigenvalue weighted by molar-refractivity contribution is 5.83. The van der Waals surface area contributed by atoms with Gasteiger partial charge in [0.25, 0.3) is 0 Å². The monoisotopic (exact) mass is 169 g/mol. The summed E-state index contributed by atoms with van der Waals surface area (Å²) in [5.74, 6) is -0.232. The van der Waals surface area contributed by atoms with Crippen molar-refractivity contribution >= 4 is 5.91 Å². The molecule has 1 heterocycles. The van der Waals surface area contributed by atoms with Crippen molar-refractivity contribution < 1.29 is 4.79 Å². The first-order valence-electron chi connectivity index (χ1n) is 4.42. The molecule has 0 aromatic carbocycles. The topological polar surface area (TPSA) is 46.3 Å². The minimum Gasteiger partial charge on any atom is -0.368 e. The smallest absolute Gasteiger partial charge is 0.237 e. The molecule has 69 valence electrons. The number of hydrogen-bond donors (Lipinski definition) is 1. The number of carbonyl (C=O) groups excluding carboxylic acids is 1. The van der Waals surface area contributed by atoms with Gasteiger partial charge in [-0.25, -0.2) is 0 Å². The van der Waals surface area contributed by atoms with Crippen molar-refractivity contribution in [3.63, 3.8) is 0 Å². The van der Waals surface area contributed by atoms with Crippen LogP contribution in [0.1, 0.15) is 26.7 Å². The molecule has 0 aromatic rings. The van der Waals surface area contributed by atoms with Crippen molar-refractivity contribution in [3.8, 4) is 0 Å². The van der Waals surface area contributed by atoms with Crippen LogP contribution in [0.5, 0.6) is 0 Å². The first-order chi connectivity index (χ1) is 5.55. The molecule has 0 atom stereocenters. The van der Waals surface area contributed by atoms with Crippen LogP contribution in [0.2, 0.25) is 0 Å². The standard InChI is InChI=1S/C9H17N2O/c1-9(2,8(10)12)11-6-4-3-5-7-11/h3H,4-7H2,1-2H3,(H2,10,12). The zero-order valence-electron chi connectivity index (χ0n) is 7.84. The third-order valence-corrected chi connectivity index (χ3v) is 2.60. The number of amides is 1. The molecule has 1 fully saturated rings. The zero-order valence-corrected chi connectivity index (χ0v) is 7.84. The fourth-order valence-corrected chi connectivity index (χ4v) is 1.47. The number of rotatable bonds is 2. The highest BCUT2D eigenvalue weighted by atomic mass is 16.1. The van der Waals surface area contributed by atoms with Crippen molar-refractivity contribution in [2.75, 3.05) is 13.1 Å². The van der Waals surface area contributed by atoms with Gasteiger partial charge >= 0.3 is 0 Å². The molecule has 3 nitrogen and oxygen atoms in total. The van der Waals surface area contributed by atoms with E-state index in [9.17, 15) is 4.79 Å². The molecule has 1 saturated heterocycles. The van der Waals surface area contributed by atoms with Crippen LogP contribution in [-0.4, -0.2) is 29.4 Å². The Bertz CT molecular complexity index is 171. The molecular weight excluding hydrogens is 152 g/mol. The van der Waals surface area contributed by atoms with Gasteiger partial charge < -0.3 is 5.73 Å². The molecule has 0 aliphatic carbocycles. The Hall–Kier alpha value is -0.570. The average molecular weight is 169 g/mol. The molecule has 0 unspecified atom stereocenters. The van der Waals surface area contributed by atoms with Crippen molar-refractivity contribution in [1.29, 1.82) is 0 Å². The second kappa shape index (κ2) is 3.44. The Labute approximate surface area is 73.9 Å². The Kier molecular flexibility index (Phi) is 2.73. The molecular formula is C9H17N2O. The van der Waals surface area contributed by atoms with Crippen LogP contribution in [-0.2, 0) is 4.79 Å². The first-order valence-corrected chi connectivity index (χ1v) is 4.42. The Morgan fingerprint density at radius 2 is 1.92 bits per heavy atom. The lowest BCUT2D eigenvalue weighted by atomic mass is 9.98. The van der Waals surface area contributed by atoms with E-state index in [1.54, 1.807) is 0 Å². The van der Waals surface area contributed by atoms with E-state index >= 15 is 0 Å². The number of primary amides is 1. The normalized spacial score (nSPS) is 20.8. The molecule has 1 amide bonds. The van der Waals surface area contributed by atoms with Crippen molar-refractivity contribution in [2.24, 2.45) is 5.73 Å². The van der Waals surface area contributed by atoms with Gasteiger partial charge in [0.2, 0.25) is 5.91 Å². The van der Waals surface area contributed by atoms with E-state index in [-0.39, 0.29) is 5.91 Å². The van der Waals surface area contributed by atoms with Crippen LogP contribution in [0.25, 0.3) is 0 Å². The van der Waals surface area contributed by atoms with Crippen molar-refractivity contribution in [3.05, 3.63) is 6.42 Å². The van der Waals surface area contributed by atoms with Crippen molar-refractivity contribution in [2.45, 2.75) is 32.2 Å². The van der Waals surface area contributed by atoms with Crippen LogP contribution in [0.3, 0.4) is 0 Å². The number of nitrogens with two attached hydrogens (primary N) is 1. The predicted octanol–water partition coefficient (Wildman–Crippen LogP) is 0.550. The van der Waals surface area contributed by atoms with E-state index in [2.05, 4.69) is 11.3 Å². The van der Waals surface area contributed by atoms with E-state index in [0.717, 1.165) is 25.9 Å². The van der Waals surface area contributed by atoms with E-state index in [1.165, 1.54) is 0 Å². The fraction of sp³-hybridized carbons (Fsp3) is 0.778. The molecule has 1 aliphatic heterocycles. The summed E-state index contributed by atoms with van der Waals surface area (Å²) in [6.45, 7) is 5.69. The van der Waals surface area contributed by atoms with Gasteiger partial charge in [-0.3, -0.25) is 9.69 Å². The lowest BCUT2D eigenvalue weighted by Gasteiger charge is -2.38. The lowest BCUT2D eigenvalue weighted by molar-refractivity contribution is -0.128. The Morgan fingerprint density at radius 1 is 1.42 bits per heavy atom. The molecule has 3 heteroatoms. The molecule has 0 spiro atoms. The summed E-state index contributed by atoms with van der Waals surface area (Å²) >= 11 is 0. The number of nitrogens with zero attached hydrogens (tertiary/aromatic N) is 1. The van der Waals surface area contributed by atoms with Crippen LogP contribution in [0.15, 0.2) is 0 Å². The minimum absolute atomic E-state index is 0.232. The van der Waals surface area contributed by atoms with Crippen LogP contribution < -0.4 is 5.73 Å². The minimum atomic E-state index is -0.478. The quantitative estimate of drug-likeness (QED) is 0.656. The second-order valence-electron chi connectivity index (χ2n) is 3.78. The molecule has 1 rings (SSSR count). The van der Waals surface area contributed by atoms with Gasteiger partial charge in [-0.1, -0.05) is 0 Å². The largest absolute Gasteiger partial charge is 0.368 e. The van der Waals surface area contributed by atoms with E-state index in [0.29, 0.717) is 0 Å². The van der Waals surface area contributed by atoms with E-state index in [4.69, 9.17) is 5.73 Å². The number of piperidine rings is 1. The Morgan fingerprint density at radius 3 is 2.33 bits per heavy atom. The number of likely N-dealkylation sites (tertiary alicyclic amines) is 1. The SMILES string of the molecule is CC(C)(C(N)=O)N1CC[CH]CC1. The van der Waals surface area contributed by atoms with Gasteiger partial charge in [0.1, 0.15) is 0 Å². The second-order valence-corrected chi connectivity index (χ2v) is 3.78. The van der Waals surface area contributed by atoms with Gasteiger partial charge in [0.05, 0.1) is 5.54 Å². The van der Waals surface area contributed by atoms with Crippen LogP contribution in [0, 0.1) is 6.42 Å². The molecule has 12 heavy (non-hydrogen) atoms. The third kappa shape index (κ3) is 1.78. The average Bonchev–Trinajstić information content (AvgIpc) is 2.06. The summed E-state index contributed by atoms with van der Waals surface area (Å²) in [7, 11) is 0. The first kappa shape index (κ1) is 9.52. The maximum atomic E-state index is 11.1. The van der Waals surface area contributed by atoms with Crippen LogP contribution in [0.4, 0.5) is 0 Å². The maximum Gasteiger partial charge on any atom is 0.237 e. The third-order valence-electron chi connectivity index (χ3n) is 2.60. The number of hydrogen-bond acceptors (Lipinski definition) is 2. The predicted molar refractivity (Wildman–Crippen MR) is 48.4 cm³/mol. The van der Waals surface area contributed by atoms with Crippen molar-refractivity contribution in [1.82, 2.24) is 4.90 Å².